The normalized spacial score (nSPS) is 11.2. The zero-order chi connectivity index (χ0) is 5.21. The summed E-state index contributed by atoms with van der Waals surface area (Å²) in [6.45, 7) is 2.31. The third-order valence-electron chi connectivity index (χ3n) is 0.243. The second kappa shape index (κ2) is 1.37. The predicted octanol–water partition coefficient (Wildman–Crippen LogP) is 0.844. The van der Waals surface area contributed by atoms with Crippen molar-refractivity contribution in [2.75, 3.05) is 0 Å². The minimum atomic E-state index is -1.76. The van der Waals surface area contributed by atoms with Crippen LogP contribution in [0.5, 0.6) is 0 Å². The molecule has 0 unspecified atom stereocenters. The van der Waals surface area contributed by atoms with E-state index < -0.39 is 5.67 Å². The van der Waals surface area contributed by atoms with Gasteiger partial charge in [-0.25, -0.2) is 4.39 Å². The molecule has 0 saturated heterocycles. The summed E-state index contributed by atoms with van der Waals surface area (Å²) >= 11 is 0. The fourth-order valence-corrected chi connectivity index (χ4v) is 0. The molecule has 0 aliphatic carbocycles. The quantitative estimate of drug-likeness (QED) is 0.465. The van der Waals surface area contributed by atoms with Gasteiger partial charge in [0, 0.05) is 0 Å². The molecule has 0 heterocycles. The highest BCUT2D eigenvalue weighted by molar-refractivity contribution is 5.61. The summed E-state index contributed by atoms with van der Waals surface area (Å²) < 4.78 is 11.7. The Morgan fingerprint density at radius 3 is 1.83 bits per heavy atom. The SMILES string of the molecule is CC(C)(F)[C]=O. The van der Waals surface area contributed by atoms with Crippen LogP contribution < -0.4 is 0 Å². The van der Waals surface area contributed by atoms with E-state index in [9.17, 15) is 9.18 Å². The van der Waals surface area contributed by atoms with Crippen LogP contribution in [0.1, 0.15) is 13.8 Å². The summed E-state index contributed by atoms with van der Waals surface area (Å²) in [7, 11) is 0. The molecule has 0 fully saturated rings. The molecule has 0 bridgehead atoms. The van der Waals surface area contributed by atoms with Crippen molar-refractivity contribution < 1.29 is 9.18 Å². The molecule has 1 radical (unpaired) electrons. The Hall–Kier alpha value is -0.400. The highest BCUT2D eigenvalue weighted by Gasteiger charge is 2.12. The van der Waals surface area contributed by atoms with Gasteiger partial charge in [0.1, 0.15) is 0 Å². The van der Waals surface area contributed by atoms with E-state index >= 15 is 0 Å². The average Bonchev–Trinajstić information content (AvgIpc) is 1.35. The number of carbonyl (C=O) groups excluding carboxylic acids is 1. The van der Waals surface area contributed by atoms with E-state index in [0.29, 0.717) is 0 Å². The van der Waals surface area contributed by atoms with E-state index in [1.54, 1.807) is 0 Å². The number of hydrogen-bond acceptors (Lipinski definition) is 1. The maximum absolute atomic E-state index is 11.7. The Morgan fingerprint density at radius 2 is 1.83 bits per heavy atom. The predicted molar refractivity (Wildman–Crippen MR) is 20.9 cm³/mol. The molecule has 6 heavy (non-hydrogen) atoms. The van der Waals surface area contributed by atoms with E-state index in [0.717, 1.165) is 13.8 Å². The van der Waals surface area contributed by atoms with Gasteiger partial charge in [-0.15, -0.1) is 0 Å². The summed E-state index contributed by atoms with van der Waals surface area (Å²) in [6, 6.07) is 0. The molecule has 0 aliphatic heterocycles. The maximum Gasteiger partial charge on any atom is 0.238 e. The standard InChI is InChI=1S/C4H6FO/c1-4(2,5)3-6/h1-2H3. The van der Waals surface area contributed by atoms with Gasteiger partial charge in [0.15, 0.2) is 5.67 Å². The van der Waals surface area contributed by atoms with Crippen molar-refractivity contribution in [2.24, 2.45) is 0 Å². The van der Waals surface area contributed by atoms with Crippen molar-refractivity contribution in [3.8, 4) is 0 Å². The van der Waals surface area contributed by atoms with Crippen molar-refractivity contribution in [1.82, 2.24) is 0 Å². The zero-order valence-corrected chi connectivity index (χ0v) is 3.79. The molecular weight excluding hydrogens is 83.0 g/mol. The first-order valence-electron chi connectivity index (χ1n) is 1.64. The van der Waals surface area contributed by atoms with E-state index in [4.69, 9.17) is 0 Å². The lowest BCUT2D eigenvalue weighted by atomic mass is 10.2. The molecule has 2 heteroatoms. The van der Waals surface area contributed by atoms with Crippen LogP contribution in [-0.4, -0.2) is 12.0 Å². The minimum absolute atomic E-state index is 1.15. The van der Waals surface area contributed by atoms with Gasteiger partial charge in [0.2, 0.25) is 6.29 Å². The molecule has 0 aromatic heterocycles. The van der Waals surface area contributed by atoms with Crippen LogP contribution in [0.4, 0.5) is 4.39 Å². The molecule has 1 nitrogen and oxygen atoms in total. The Morgan fingerprint density at radius 1 is 1.67 bits per heavy atom. The highest BCUT2D eigenvalue weighted by Crippen LogP contribution is 2.00. The molecule has 0 aromatic rings. The van der Waals surface area contributed by atoms with E-state index in [-0.39, 0.29) is 0 Å². The molecule has 35 valence electrons. The van der Waals surface area contributed by atoms with Gasteiger partial charge >= 0.3 is 0 Å². The monoisotopic (exact) mass is 89.0 g/mol. The van der Waals surface area contributed by atoms with Crippen molar-refractivity contribution >= 4 is 6.29 Å². The summed E-state index contributed by atoms with van der Waals surface area (Å²) in [4.78, 5) is 9.33. The smallest absolute Gasteiger partial charge is 0.238 e. The first-order valence-corrected chi connectivity index (χ1v) is 1.64. The van der Waals surface area contributed by atoms with Gasteiger partial charge in [0.25, 0.3) is 0 Å². The topological polar surface area (TPSA) is 17.1 Å². The lowest BCUT2D eigenvalue weighted by molar-refractivity contribution is 0.299. The van der Waals surface area contributed by atoms with E-state index in [2.05, 4.69) is 0 Å². The summed E-state index contributed by atoms with van der Waals surface area (Å²) in [5.41, 5.74) is -1.76. The molecule has 0 amide bonds. The van der Waals surface area contributed by atoms with Crippen LogP contribution in [-0.2, 0) is 4.79 Å². The number of hydrogen-bond donors (Lipinski definition) is 0. The van der Waals surface area contributed by atoms with Gasteiger partial charge in [-0.2, -0.15) is 0 Å². The van der Waals surface area contributed by atoms with Gasteiger partial charge in [0.05, 0.1) is 0 Å². The van der Waals surface area contributed by atoms with Crippen LogP contribution in [0.15, 0.2) is 0 Å². The average molecular weight is 89.1 g/mol. The minimum Gasteiger partial charge on any atom is -0.287 e. The van der Waals surface area contributed by atoms with Crippen LogP contribution in [0.3, 0.4) is 0 Å². The van der Waals surface area contributed by atoms with Gasteiger partial charge in [-0.05, 0) is 13.8 Å². The number of halogens is 1. The fourth-order valence-electron chi connectivity index (χ4n) is 0. The third kappa shape index (κ3) is 3.60. The lowest BCUT2D eigenvalue weighted by Gasteiger charge is -1.96. The Bertz CT molecular complexity index is 53.1. The first kappa shape index (κ1) is 5.60. The molecule has 0 N–H and O–H groups in total. The second-order valence-corrected chi connectivity index (χ2v) is 1.57. The summed E-state index contributed by atoms with van der Waals surface area (Å²) in [5, 5.41) is 0. The zero-order valence-electron chi connectivity index (χ0n) is 3.79. The van der Waals surface area contributed by atoms with Crippen LogP contribution in [0.25, 0.3) is 0 Å². The van der Waals surface area contributed by atoms with Crippen LogP contribution in [0.2, 0.25) is 0 Å². The van der Waals surface area contributed by atoms with E-state index in [1.165, 1.54) is 6.29 Å². The van der Waals surface area contributed by atoms with Crippen LogP contribution in [0, 0.1) is 0 Å². The Balaban J connectivity index is 3.45. The first-order chi connectivity index (χ1) is 2.56. The molecule has 0 atom stereocenters. The largest absolute Gasteiger partial charge is 0.287 e. The lowest BCUT2D eigenvalue weighted by Crippen LogP contribution is -2.11. The number of rotatable bonds is 1. The van der Waals surface area contributed by atoms with Crippen LogP contribution >= 0.6 is 0 Å². The Labute approximate surface area is 36.2 Å². The highest BCUT2D eigenvalue weighted by atomic mass is 19.1. The Kier molecular flexibility index (Phi) is 1.28. The molecule has 0 spiro atoms. The van der Waals surface area contributed by atoms with Crippen molar-refractivity contribution in [1.29, 1.82) is 0 Å². The van der Waals surface area contributed by atoms with Crippen molar-refractivity contribution in [2.45, 2.75) is 19.5 Å². The summed E-state index contributed by atoms with van der Waals surface area (Å²) in [5.74, 6) is 0. The van der Waals surface area contributed by atoms with Gasteiger partial charge in [-0.1, -0.05) is 0 Å². The van der Waals surface area contributed by atoms with Crippen molar-refractivity contribution in [3.05, 3.63) is 0 Å². The summed E-state index contributed by atoms with van der Waals surface area (Å²) in [6.07, 6.45) is 1.19. The maximum atomic E-state index is 11.7. The fraction of sp³-hybridized carbons (Fsp3) is 0.750. The number of alkyl halides is 1. The molecule has 0 rings (SSSR count). The molecule has 0 aromatic carbocycles. The van der Waals surface area contributed by atoms with Crippen molar-refractivity contribution in [3.63, 3.8) is 0 Å². The van der Waals surface area contributed by atoms with Gasteiger partial charge < -0.3 is 0 Å². The van der Waals surface area contributed by atoms with E-state index in [1.807, 2.05) is 0 Å². The molecule has 0 saturated carbocycles. The third-order valence-corrected chi connectivity index (χ3v) is 0.243. The molecule has 0 aliphatic rings. The second-order valence-electron chi connectivity index (χ2n) is 1.57. The molecular formula is C4H6FO. The van der Waals surface area contributed by atoms with Gasteiger partial charge in [-0.3, -0.25) is 4.79 Å².